The molecule has 140 valence electrons. The predicted octanol–water partition coefficient (Wildman–Crippen LogP) is 3.02. The third kappa shape index (κ3) is 3.22. The Hall–Kier alpha value is -1.61. The summed E-state index contributed by atoms with van der Waals surface area (Å²) in [4.78, 5) is 14.0. The van der Waals surface area contributed by atoms with Crippen LogP contribution in [0.3, 0.4) is 0 Å². The van der Waals surface area contributed by atoms with Crippen LogP contribution < -0.4 is 4.90 Å². The molecule has 1 heterocycles. The van der Waals surface area contributed by atoms with Crippen molar-refractivity contribution in [2.75, 3.05) is 13.6 Å². The third-order valence-corrected chi connectivity index (χ3v) is 7.00. The third-order valence-electron chi connectivity index (χ3n) is 7.00. The smallest absolute Gasteiger partial charge is 0.315 e. The van der Waals surface area contributed by atoms with Crippen molar-refractivity contribution in [2.24, 2.45) is 23.2 Å². The van der Waals surface area contributed by atoms with Crippen LogP contribution in [0.1, 0.15) is 45.1 Å². The van der Waals surface area contributed by atoms with Crippen LogP contribution in [0.25, 0.3) is 0 Å². The van der Waals surface area contributed by atoms with Crippen molar-refractivity contribution in [1.29, 1.82) is 0 Å². The Balaban J connectivity index is 1.51. The van der Waals surface area contributed by atoms with Gasteiger partial charge in [0, 0.05) is 11.5 Å². The van der Waals surface area contributed by atoms with E-state index < -0.39 is 0 Å². The van der Waals surface area contributed by atoms with Gasteiger partial charge in [-0.1, -0.05) is 62.2 Å². The Morgan fingerprint density at radius 2 is 2.04 bits per heavy atom. The molecule has 3 nitrogen and oxygen atoms in total. The molecule has 0 spiro atoms. The summed E-state index contributed by atoms with van der Waals surface area (Å²) in [6.45, 7) is 6.55. The highest BCUT2D eigenvalue weighted by Crippen LogP contribution is 2.53. The van der Waals surface area contributed by atoms with E-state index in [1.807, 2.05) is 6.07 Å². The molecule has 2 aliphatic carbocycles. The van der Waals surface area contributed by atoms with Crippen LogP contribution in [-0.2, 0) is 16.1 Å². The topological polar surface area (TPSA) is 30.7 Å². The number of rotatable bonds is 4. The molecule has 1 aromatic carbocycles. The Kier molecular flexibility index (Phi) is 4.68. The zero-order valence-corrected chi connectivity index (χ0v) is 16.3. The fourth-order valence-corrected chi connectivity index (χ4v) is 5.67. The minimum atomic E-state index is 0.00916. The number of esters is 1. The number of quaternary nitrogens is 1. The minimum Gasteiger partial charge on any atom is -0.461 e. The maximum absolute atomic E-state index is 12.7. The summed E-state index contributed by atoms with van der Waals surface area (Å²) in [5.41, 5.74) is 3.17. The molecule has 0 aromatic heterocycles. The molecule has 1 aliphatic heterocycles. The van der Waals surface area contributed by atoms with Crippen LogP contribution in [0.15, 0.2) is 42.0 Å². The first-order chi connectivity index (χ1) is 12.5. The number of benzene rings is 1. The standard InChI is InChI=1S/C23H31NO2/c1-16-8-7-11-23(2)13-21-18(12-20(16)23)19(22(25)26-21)15-24(3)14-17-9-5-4-6-10-17/h4-6,9-10,12,16,18-19,21H,7-8,11,13-15H2,1-3H3/p+1/t16-,18+,19+,21+,23+/m0/s1. The van der Waals surface area contributed by atoms with Crippen LogP contribution in [0.5, 0.6) is 0 Å². The number of carbonyl (C=O) groups excluding carboxylic acids is 1. The number of fused-ring (bicyclic) bond motifs is 2. The van der Waals surface area contributed by atoms with E-state index in [0.29, 0.717) is 5.92 Å². The van der Waals surface area contributed by atoms with Crippen LogP contribution in [0.4, 0.5) is 0 Å². The van der Waals surface area contributed by atoms with E-state index in [4.69, 9.17) is 4.74 Å². The van der Waals surface area contributed by atoms with Crippen molar-refractivity contribution >= 4 is 5.97 Å². The van der Waals surface area contributed by atoms with Gasteiger partial charge >= 0.3 is 5.97 Å². The van der Waals surface area contributed by atoms with E-state index in [1.165, 1.54) is 29.7 Å². The molecule has 2 fully saturated rings. The van der Waals surface area contributed by atoms with Gasteiger partial charge in [-0.2, -0.15) is 0 Å². The predicted molar refractivity (Wildman–Crippen MR) is 103 cm³/mol. The molecule has 0 radical (unpaired) electrons. The van der Waals surface area contributed by atoms with Gasteiger partial charge in [-0.3, -0.25) is 4.79 Å². The second-order valence-corrected chi connectivity index (χ2v) is 9.16. The lowest BCUT2D eigenvalue weighted by Crippen LogP contribution is -3.08. The van der Waals surface area contributed by atoms with Crippen molar-refractivity contribution in [2.45, 2.75) is 52.2 Å². The van der Waals surface area contributed by atoms with Crippen molar-refractivity contribution in [1.82, 2.24) is 0 Å². The Labute approximate surface area is 157 Å². The van der Waals surface area contributed by atoms with E-state index in [-0.39, 0.29) is 29.3 Å². The zero-order chi connectivity index (χ0) is 18.3. The Bertz CT molecular complexity index is 697. The zero-order valence-electron chi connectivity index (χ0n) is 16.3. The SMILES string of the molecule is C[C@H]1CCC[C@]2(C)C[C@H]3OC(=O)[C@H](C[NH+](C)Cc4ccccc4)[C@H]3C=C12. The lowest BCUT2D eigenvalue weighted by atomic mass is 9.59. The van der Waals surface area contributed by atoms with Crippen LogP contribution >= 0.6 is 0 Å². The number of ether oxygens (including phenoxy) is 1. The van der Waals surface area contributed by atoms with Gasteiger partial charge in [-0.15, -0.1) is 0 Å². The largest absolute Gasteiger partial charge is 0.461 e. The summed E-state index contributed by atoms with van der Waals surface area (Å²) in [6.07, 6.45) is 7.41. The normalized spacial score (nSPS) is 37.3. The number of hydrogen-bond acceptors (Lipinski definition) is 2. The van der Waals surface area contributed by atoms with Crippen molar-refractivity contribution in [3.63, 3.8) is 0 Å². The molecule has 1 aromatic rings. The first-order valence-corrected chi connectivity index (χ1v) is 10.2. The second-order valence-electron chi connectivity index (χ2n) is 9.16. The lowest BCUT2D eigenvalue weighted by Gasteiger charge is -2.46. The summed E-state index contributed by atoms with van der Waals surface area (Å²) in [6, 6.07) is 10.5. The first kappa shape index (κ1) is 17.8. The summed E-state index contributed by atoms with van der Waals surface area (Å²) >= 11 is 0. The monoisotopic (exact) mass is 354 g/mol. The van der Waals surface area contributed by atoms with Gasteiger partial charge in [0.15, 0.2) is 0 Å². The van der Waals surface area contributed by atoms with Crippen LogP contribution in [0, 0.1) is 23.2 Å². The van der Waals surface area contributed by atoms with Gasteiger partial charge in [0.2, 0.25) is 0 Å². The maximum Gasteiger partial charge on any atom is 0.315 e. The van der Waals surface area contributed by atoms with E-state index >= 15 is 0 Å². The van der Waals surface area contributed by atoms with E-state index in [2.05, 4.69) is 51.2 Å². The van der Waals surface area contributed by atoms with Crippen molar-refractivity contribution in [3.05, 3.63) is 47.5 Å². The second kappa shape index (κ2) is 6.84. The van der Waals surface area contributed by atoms with Gasteiger partial charge in [0.25, 0.3) is 0 Å². The molecule has 3 heteroatoms. The molecule has 1 unspecified atom stereocenters. The number of allylic oxidation sites excluding steroid dienone is 1. The molecule has 1 saturated carbocycles. The molecule has 1 N–H and O–H groups in total. The van der Waals surface area contributed by atoms with Crippen molar-refractivity contribution < 1.29 is 14.4 Å². The quantitative estimate of drug-likeness (QED) is 0.666. The first-order valence-electron chi connectivity index (χ1n) is 10.2. The molecular weight excluding hydrogens is 322 g/mol. The van der Waals surface area contributed by atoms with E-state index in [1.54, 1.807) is 5.57 Å². The highest BCUT2D eigenvalue weighted by Gasteiger charge is 2.52. The van der Waals surface area contributed by atoms with Gasteiger partial charge < -0.3 is 9.64 Å². The highest BCUT2D eigenvalue weighted by molar-refractivity contribution is 5.76. The molecule has 0 bridgehead atoms. The molecule has 3 aliphatic rings. The fraction of sp³-hybridized carbons (Fsp3) is 0.609. The Morgan fingerprint density at radius 1 is 1.27 bits per heavy atom. The molecule has 1 saturated heterocycles. The van der Waals surface area contributed by atoms with Crippen molar-refractivity contribution in [3.8, 4) is 0 Å². The summed E-state index contributed by atoms with van der Waals surface area (Å²) in [5, 5.41) is 0. The molecule has 26 heavy (non-hydrogen) atoms. The summed E-state index contributed by atoms with van der Waals surface area (Å²) in [7, 11) is 2.19. The molecule has 6 atom stereocenters. The number of hydrogen-bond donors (Lipinski definition) is 1. The van der Waals surface area contributed by atoms with E-state index in [9.17, 15) is 4.79 Å². The number of carbonyl (C=O) groups is 1. The average Bonchev–Trinajstić information content (AvgIpc) is 2.88. The maximum atomic E-state index is 12.7. The van der Waals surface area contributed by atoms with Gasteiger partial charge in [-0.05, 0) is 30.6 Å². The Morgan fingerprint density at radius 3 is 2.81 bits per heavy atom. The average molecular weight is 355 g/mol. The molecule has 0 amide bonds. The van der Waals surface area contributed by atoms with E-state index in [0.717, 1.165) is 19.5 Å². The molecule has 4 rings (SSSR count). The summed E-state index contributed by atoms with van der Waals surface area (Å²) in [5.74, 6) is 0.964. The van der Waals surface area contributed by atoms with Crippen LogP contribution in [-0.4, -0.2) is 25.7 Å². The lowest BCUT2D eigenvalue weighted by molar-refractivity contribution is -0.896. The summed E-state index contributed by atoms with van der Waals surface area (Å²) < 4.78 is 5.88. The fourth-order valence-electron chi connectivity index (χ4n) is 5.67. The van der Waals surface area contributed by atoms with Crippen LogP contribution in [0.2, 0.25) is 0 Å². The molecular formula is C23H32NO2+. The minimum absolute atomic E-state index is 0.00916. The van der Waals surface area contributed by atoms with Gasteiger partial charge in [-0.25, -0.2) is 0 Å². The van der Waals surface area contributed by atoms with Gasteiger partial charge in [0.05, 0.1) is 13.6 Å². The highest BCUT2D eigenvalue weighted by atomic mass is 16.6. The number of nitrogens with one attached hydrogen (secondary N) is 1. The van der Waals surface area contributed by atoms with Gasteiger partial charge in [0.1, 0.15) is 18.6 Å².